The van der Waals surface area contributed by atoms with Crippen LogP contribution in [0, 0.1) is 5.92 Å². The summed E-state index contributed by atoms with van der Waals surface area (Å²) in [5.41, 5.74) is 8.19. The van der Waals surface area contributed by atoms with Crippen molar-refractivity contribution in [1.82, 2.24) is 15.0 Å². The SMILES string of the molecule is CC1C=CC(S(=O)(=O)c2c(-c3cccnc3)cnc3[nH]cc(C(=O)c4cccc(N)c4)c23)=CC1. The van der Waals surface area contributed by atoms with Crippen LogP contribution in [-0.2, 0) is 9.84 Å². The molecule has 0 amide bonds. The molecule has 1 aromatic carbocycles. The molecule has 4 aromatic rings. The Morgan fingerprint density at radius 2 is 2.03 bits per heavy atom. The summed E-state index contributed by atoms with van der Waals surface area (Å²) in [6.45, 7) is 2.02. The molecular weight excluding hydrogens is 448 g/mol. The quantitative estimate of drug-likeness (QED) is 0.323. The van der Waals surface area contributed by atoms with E-state index in [0.717, 1.165) is 0 Å². The number of nitrogen functional groups attached to an aromatic ring is 1. The highest BCUT2D eigenvalue weighted by molar-refractivity contribution is 7.95. The first-order chi connectivity index (χ1) is 16.4. The molecule has 0 aliphatic heterocycles. The maximum absolute atomic E-state index is 14.1. The molecule has 0 spiro atoms. The highest BCUT2D eigenvalue weighted by Gasteiger charge is 2.31. The summed E-state index contributed by atoms with van der Waals surface area (Å²) in [6.07, 6.45) is 12.1. The van der Waals surface area contributed by atoms with Gasteiger partial charge in [0.1, 0.15) is 5.65 Å². The number of pyridine rings is 2. The van der Waals surface area contributed by atoms with Crippen LogP contribution in [0.15, 0.2) is 89.2 Å². The summed E-state index contributed by atoms with van der Waals surface area (Å²) in [7, 11) is -4.00. The third-order valence-corrected chi connectivity index (χ3v) is 7.76. The van der Waals surface area contributed by atoms with E-state index in [2.05, 4.69) is 15.0 Å². The zero-order valence-electron chi connectivity index (χ0n) is 18.4. The standard InChI is InChI=1S/C26H22N4O3S/c1-16-7-9-20(10-8-16)34(32,33)25-21(18-5-3-11-28-13-18)14-29-26-23(25)22(15-30-26)24(31)17-4-2-6-19(27)12-17/h2-7,9-16H,8,27H2,1H3,(H,29,30). The van der Waals surface area contributed by atoms with Crippen molar-refractivity contribution >= 4 is 32.3 Å². The van der Waals surface area contributed by atoms with Gasteiger partial charge in [-0.2, -0.15) is 0 Å². The minimum absolute atomic E-state index is 0.0319. The van der Waals surface area contributed by atoms with Crippen LogP contribution in [0.2, 0.25) is 0 Å². The van der Waals surface area contributed by atoms with E-state index in [4.69, 9.17) is 5.73 Å². The number of ketones is 1. The molecule has 3 aromatic heterocycles. The predicted octanol–water partition coefficient (Wildman–Crippen LogP) is 4.69. The van der Waals surface area contributed by atoms with Crippen molar-refractivity contribution in [3.8, 4) is 11.1 Å². The number of nitrogens with two attached hydrogens (primary N) is 1. The maximum Gasteiger partial charge on any atom is 0.207 e. The number of aromatic nitrogens is 3. The molecule has 0 fully saturated rings. The lowest BCUT2D eigenvalue weighted by atomic mass is 10.0. The molecule has 7 nitrogen and oxygen atoms in total. The van der Waals surface area contributed by atoms with Gasteiger partial charge in [-0.15, -0.1) is 0 Å². The normalized spacial score (nSPS) is 15.9. The van der Waals surface area contributed by atoms with Gasteiger partial charge in [0.05, 0.1) is 15.4 Å². The summed E-state index contributed by atoms with van der Waals surface area (Å²) in [6, 6.07) is 10.1. The van der Waals surface area contributed by atoms with Gasteiger partial charge >= 0.3 is 0 Å². The Labute approximate surface area is 197 Å². The van der Waals surface area contributed by atoms with Gasteiger partial charge in [-0.05, 0) is 36.6 Å². The van der Waals surface area contributed by atoms with E-state index >= 15 is 0 Å². The number of sulfone groups is 1. The fourth-order valence-corrected chi connectivity index (χ4v) is 5.86. The van der Waals surface area contributed by atoms with Gasteiger partial charge in [-0.1, -0.05) is 37.3 Å². The number of nitrogens with zero attached hydrogens (tertiary/aromatic N) is 2. The average molecular weight is 471 g/mol. The van der Waals surface area contributed by atoms with Crippen molar-refractivity contribution in [1.29, 1.82) is 0 Å². The molecule has 3 N–H and O–H groups in total. The molecule has 1 aliphatic carbocycles. The molecule has 1 unspecified atom stereocenters. The van der Waals surface area contributed by atoms with Crippen molar-refractivity contribution in [2.75, 3.05) is 5.73 Å². The molecule has 34 heavy (non-hydrogen) atoms. The Bertz CT molecular complexity index is 1590. The number of anilines is 1. The van der Waals surface area contributed by atoms with Crippen LogP contribution >= 0.6 is 0 Å². The molecule has 1 atom stereocenters. The second-order valence-corrected chi connectivity index (χ2v) is 10.2. The lowest BCUT2D eigenvalue weighted by molar-refractivity contribution is 0.104. The van der Waals surface area contributed by atoms with Crippen LogP contribution in [0.3, 0.4) is 0 Å². The van der Waals surface area contributed by atoms with Gasteiger partial charge in [0.25, 0.3) is 0 Å². The number of aromatic amines is 1. The Balaban J connectivity index is 1.82. The van der Waals surface area contributed by atoms with Gasteiger partial charge in [0.15, 0.2) is 5.78 Å². The first-order valence-corrected chi connectivity index (χ1v) is 12.3. The monoisotopic (exact) mass is 470 g/mol. The Kier molecular flexibility index (Phi) is 5.37. The summed E-state index contributed by atoms with van der Waals surface area (Å²) >= 11 is 0. The van der Waals surface area contributed by atoms with E-state index in [-0.39, 0.29) is 32.5 Å². The van der Waals surface area contributed by atoms with Crippen molar-refractivity contribution in [2.45, 2.75) is 18.2 Å². The van der Waals surface area contributed by atoms with Crippen LogP contribution in [0.25, 0.3) is 22.2 Å². The predicted molar refractivity (Wildman–Crippen MR) is 132 cm³/mol. The van der Waals surface area contributed by atoms with Crippen LogP contribution in [0.4, 0.5) is 5.69 Å². The van der Waals surface area contributed by atoms with Gasteiger partial charge in [0, 0.05) is 52.6 Å². The lowest BCUT2D eigenvalue weighted by Crippen LogP contribution is -2.11. The summed E-state index contributed by atoms with van der Waals surface area (Å²) in [5, 5.41) is 0.252. The van der Waals surface area contributed by atoms with E-state index in [1.54, 1.807) is 60.9 Å². The van der Waals surface area contributed by atoms with E-state index < -0.39 is 9.84 Å². The van der Waals surface area contributed by atoms with E-state index in [9.17, 15) is 13.2 Å². The minimum Gasteiger partial charge on any atom is -0.399 e. The Hall–Kier alpha value is -4.04. The summed E-state index contributed by atoms with van der Waals surface area (Å²) in [4.78, 5) is 25.3. The number of H-pyrrole nitrogens is 1. The number of rotatable bonds is 5. The topological polar surface area (TPSA) is 119 Å². The van der Waals surface area contributed by atoms with Crippen molar-refractivity contribution < 1.29 is 13.2 Å². The molecule has 170 valence electrons. The van der Waals surface area contributed by atoms with Crippen molar-refractivity contribution in [2.24, 2.45) is 5.92 Å². The molecule has 1 aliphatic rings. The minimum atomic E-state index is -4.00. The molecule has 8 heteroatoms. The first-order valence-electron chi connectivity index (χ1n) is 10.8. The first kappa shape index (κ1) is 21.8. The van der Waals surface area contributed by atoms with Crippen LogP contribution < -0.4 is 5.73 Å². The molecule has 0 saturated carbocycles. The van der Waals surface area contributed by atoms with Crippen molar-refractivity contribution in [3.63, 3.8) is 0 Å². The molecule has 0 radical (unpaired) electrons. The number of allylic oxidation sites excluding steroid dienone is 3. The second-order valence-electron chi connectivity index (χ2n) is 8.31. The summed E-state index contributed by atoms with van der Waals surface area (Å²) < 4.78 is 28.1. The molecule has 0 bridgehead atoms. The van der Waals surface area contributed by atoms with E-state index in [1.165, 1.54) is 12.4 Å². The average Bonchev–Trinajstić information content (AvgIpc) is 3.28. The van der Waals surface area contributed by atoms with Gasteiger partial charge in [-0.3, -0.25) is 9.78 Å². The van der Waals surface area contributed by atoms with Crippen LogP contribution in [0.1, 0.15) is 29.3 Å². The molecular formula is C26H22N4O3S. The lowest BCUT2D eigenvalue weighted by Gasteiger charge is -2.16. The summed E-state index contributed by atoms with van der Waals surface area (Å²) in [5.74, 6) is -0.0935. The number of nitrogens with one attached hydrogen (secondary N) is 1. The van der Waals surface area contributed by atoms with E-state index in [0.29, 0.717) is 34.4 Å². The Morgan fingerprint density at radius 3 is 2.74 bits per heavy atom. The van der Waals surface area contributed by atoms with Crippen LogP contribution in [0.5, 0.6) is 0 Å². The van der Waals surface area contributed by atoms with Crippen molar-refractivity contribution in [3.05, 3.63) is 95.4 Å². The zero-order valence-corrected chi connectivity index (χ0v) is 19.2. The Morgan fingerprint density at radius 1 is 1.18 bits per heavy atom. The smallest absolute Gasteiger partial charge is 0.207 e. The number of fused-ring (bicyclic) bond motifs is 1. The number of benzene rings is 1. The third kappa shape index (κ3) is 3.72. The largest absolute Gasteiger partial charge is 0.399 e. The molecule has 5 rings (SSSR count). The number of carbonyl (C=O) groups is 1. The maximum atomic E-state index is 14.1. The molecule has 3 heterocycles. The second kappa shape index (κ2) is 8.39. The number of hydrogen-bond donors (Lipinski definition) is 2. The van der Waals surface area contributed by atoms with Crippen LogP contribution in [-0.4, -0.2) is 29.2 Å². The van der Waals surface area contributed by atoms with Gasteiger partial charge in [-0.25, -0.2) is 13.4 Å². The highest BCUT2D eigenvalue weighted by atomic mass is 32.2. The zero-order chi connectivity index (χ0) is 23.9. The molecule has 0 saturated heterocycles. The third-order valence-electron chi connectivity index (χ3n) is 5.88. The number of carbonyl (C=O) groups excluding carboxylic acids is 1. The van der Waals surface area contributed by atoms with Gasteiger partial charge < -0.3 is 10.7 Å². The number of hydrogen-bond acceptors (Lipinski definition) is 6. The fourth-order valence-electron chi connectivity index (χ4n) is 4.11. The highest BCUT2D eigenvalue weighted by Crippen LogP contribution is 2.39. The van der Waals surface area contributed by atoms with Gasteiger partial charge in [0.2, 0.25) is 9.84 Å². The fraction of sp³-hybridized carbons (Fsp3) is 0.115. The van der Waals surface area contributed by atoms with E-state index in [1.807, 2.05) is 13.0 Å².